The Morgan fingerprint density at radius 3 is 2.60 bits per heavy atom. The second-order valence-electron chi connectivity index (χ2n) is 3.71. The van der Waals surface area contributed by atoms with Gasteiger partial charge in [-0.3, -0.25) is 0 Å². The predicted octanol–water partition coefficient (Wildman–Crippen LogP) is 1.11. The van der Waals surface area contributed by atoms with Crippen molar-refractivity contribution in [1.82, 2.24) is 0 Å². The minimum Gasteiger partial charge on any atom is -0.352 e. The number of halogens is 3. The number of hydrogen-bond donors (Lipinski definition) is 0. The van der Waals surface area contributed by atoms with Crippen molar-refractivity contribution in [1.29, 1.82) is 0 Å². The van der Waals surface area contributed by atoms with Gasteiger partial charge in [-0.1, -0.05) is 0 Å². The van der Waals surface area contributed by atoms with Crippen LogP contribution < -0.4 is 0 Å². The zero-order valence-corrected chi connectivity index (χ0v) is 10.6. The Labute approximate surface area is 89.2 Å². The van der Waals surface area contributed by atoms with Crippen molar-refractivity contribution in [2.24, 2.45) is 0 Å². The fourth-order valence-electron chi connectivity index (χ4n) is 1.30. The van der Waals surface area contributed by atoms with Crippen molar-refractivity contribution in [2.75, 3.05) is 13.2 Å². The first-order chi connectivity index (χ1) is 6.91. The molecule has 0 N–H and O–H groups in total. The molecule has 0 aromatic carbocycles. The molecule has 1 aliphatic heterocycles. The zero-order chi connectivity index (χ0) is 11.4. The fraction of sp³-hybridized carbons (Fsp3) is 1.00. The lowest BCUT2D eigenvalue weighted by molar-refractivity contribution is -0.408. The lowest BCUT2D eigenvalue weighted by Crippen LogP contribution is -2.40. The van der Waals surface area contributed by atoms with Gasteiger partial charge in [-0.15, -0.1) is 0 Å². The second-order valence-corrected chi connectivity index (χ2v) is 5.23. The first-order valence-electron chi connectivity index (χ1n) is 4.93. The quantitative estimate of drug-likeness (QED) is 0.321. The van der Waals surface area contributed by atoms with Gasteiger partial charge >= 0.3 is 6.18 Å². The lowest BCUT2D eigenvalue weighted by Gasteiger charge is -2.32. The van der Waals surface area contributed by atoms with Gasteiger partial charge in [0.1, 0.15) is 0 Å². The molecule has 1 atom stereocenters. The van der Waals surface area contributed by atoms with Crippen LogP contribution in [0.3, 0.4) is 0 Å². The summed E-state index contributed by atoms with van der Waals surface area (Å²) in [6, 6.07) is 0. The van der Waals surface area contributed by atoms with E-state index in [1.165, 1.54) is 0 Å². The smallest absolute Gasteiger partial charge is 0.352 e. The summed E-state index contributed by atoms with van der Waals surface area (Å²) in [7, 11) is 0.585. The summed E-state index contributed by atoms with van der Waals surface area (Å²) in [4.78, 5) is 9.45. The molecule has 0 radical (unpaired) electrons. The van der Waals surface area contributed by atoms with E-state index in [-0.39, 0.29) is 0 Å². The van der Waals surface area contributed by atoms with E-state index in [4.69, 9.17) is 9.62 Å². The molecule has 0 saturated carbocycles. The van der Waals surface area contributed by atoms with Crippen LogP contribution >= 0.6 is 0 Å². The van der Waals surface area contributed by atoms with Gasteiger partial charge in [0, 0.05) is 6.61 Å². The maximum absolute atomic E-state index is 11.8. The van der Waals surface area contributed by atoms with Crippen LogP contribution in [0, 0.1) is 0 Å². The summed E-state index contributed by atoms with van der Waals surface area (Å²) < 4.78 is 40.6. The zero-order valence-electron chi connectivity index (χ0n) is 8.60. The molecule has 1 unspecified atom stereocenters. The van der Waals surface area contributed by atoms with E-state index < -0.39 is 24.6 Å². The van der Waals surface area contributed by atoms with E-state index >= 15 is 0 Å². The van der Waals surface area contributed by atoms with Crippen LogP contribution in [0.4, 0.5) is 13.2 Å². The predicted molar refractivity (Wildman–Crippen MR) is 50.2 cm³/mol. The van der Waals surface area contributed by atoms with Crippen LogP contribution in [-0.2, 0) is 14.5 Å². The van der Waals surface area contributed by atoms with Gasteiger partial charge in [-0.2, -0.15) is 13.2 Å². The Balaban J connectivity index is 2.13. The minimum absolute atomic E-state index is 0.475. The monoisotopic (exact) mass is 244 g/mol. The van der Waals surface area contributed by atoms with Crippen LogP contribution in [0.1, 0.15) is 25.7 Å². The average molecular weight is 244 g/mol. The summed E-state index contributed by atoms with van der Waals surface area (Å²) >= 11 is 0. The highest BCUT2D eigenvalue weighted by atomic mass is 28.1. The van der Waals surface area contributed by atoms with Gasteiger partial charge < -0.3 is 4.74 Å². The van der Waals surface area contributed by atoms with Gasteiger partial charge in [0.25, 0.3) is 0 Å². The molecule has 0 amide bonds. The highest BCUT2D eigenvalue weighted by Crippen LogP contribution is 2.24. The van der Waals surface area contributed by atoms with Crippen molar-refractivity contribution < 1.29 is 27.7 Å². The SMILES string of the molecule is FC(F)(F)CCOOC1([SiH3])CCCCO1. The van der Waals surface area contributed by atoms with Crippen molar-refractivity contribution in [3.05, 3.63) is 0 Å². The molecule has 0 spiro atoms. The molecule has 0 aromatic rings. The maximum atomic E-state index is 11.8. The molecule has 1 rings (SSSR count). The van der Waals surface area contributed by atoms with Gasteiger partial charge in [-0.05, 0) is 19.3 Å². The van der Waals surface area contributed by atoms with Crippen molar-refractivity contribution in [3.63, 3.8) is 0 Å². The molecule has 90 valence electrons. The Morgan fingerprint density at radius 2 is 2.07 bits per heavy atom. The third-order valence-electron chi connectivity index (χ3n) is 2.14. The molecule has 15 heavy (non-hydrogen) atoms. The summed E-state index contributed by atoms with van der Waals surface area (Å²) in [5.74, 6) is 0. The standard InChI is InChI=1S/C8H15F3O3Si/c9-7(10,11)4-6-13-14-8(15)3-1-2-5-12-8/h1-6H2,15H3. The fourth-order valence-corrected chi connectivity index (χ4v) is 1.97. The summed E-state index contributed by atoms with van der Waals surface area (Å²) in [5, 5.41) is 0. The largest absolute Gasteiger partial charge is 0.391 e. The van der Waals surface area contributed by atoms with Crippen molar-refractivity contribution in [3.8, 4) is 0 Å². The third kappa shape index (κ3) is 5.50. The van der Waals surface area contributed by atoms with Crippen LogP contribution in [0.25, 0.3) is 0 Å². The van der Waals surface area contributed by atoms with E-state index in [0.29, 0.717) is 23.3 Å². The number of hydrogen-bond acceptors (Lipinski definition) is 3. The molecule has 0 aliphatic carbocycles. The number of ether oxygens (including phenoxy) is 1. The summed E-state index contributed by atoms with van der Waals surface area (Å²) in [6.07, 6.45) is -2.56. The molecule has 7 heteroatoms. The van der Waals surface area contributed by atoms with Crippen LogP contribution in [0.15, 0.2) is 0 Å². The summed E-state index contributed by atoms with van der Waals surface area (Å²) in [5.41, 5.74) is -0.746. The first kappa shape index (κ1) is 13.0. The lowest BCUT2D eigenvalue weighted by atomic mass is 10.2. The number of rotatable bonds is 4. The Morgan fingerprint density at radius 1 is 1.33 bits per heavy atom. The molecule has 1 saturated heterocycles. The average Bonchev–Trinajstić information content (AvgIpc) is 2.12. The van der Waals surface area contributed by atoms with Crippen LogP contribution in [-0.4, -0.2) is 35.0 Å². The topological polar surface area (TPSA) is 27.7 Å². The van der Waals surface area contributed by atoms with Gasteiger partial charge in [0.2, 0.25) is 0 Å². The molecule has 1 aliphatic rings. The van der Waals surface area contributed by atoms with E-state index in [9.17, 15) is 13.2 Å². The molecule has 3 nitrogen and oxygen atoms in total. The van der Waals surface area contributed by atoms with Crippen LogP contribution in [0.5, 0.6) is 0 Å². The second kappa shape index (κ2) is 5.29. The highest BCUT2D eigenvalue weighted by Gasteiger charge is 2.31. The maximum Gasteiger partial charge on any atom is 0.391 e. The normalized spacial score (nSPS) is 28.2. The molecule has 0 bridgehead atoms. The molecular formula is C8H15F3O3Si. The van der Waals surface area contributed by atoms with Crippen molar-refractivity contribution in [2.45, 2.75) is 37.3 Å². The van der Waals surface area contributed by atoms with Crippen LogP contribution in [0.2, 0.25) is 0 Å². The van der Waals surface area contributed by atoms with Crippen molar-refractivity contribution >= 4 is 10.2 Å². The van der Waals surface area contributed by atoms with Gasteiger partial charge in [0.15, 0.2) is 5.41 Å². The van der Waals surface area contributed by atoms with Gasteiger partial charge in [-0.25, -0.2) is 9.78 Å². The molecule has 1 fully saturated rings. The Bertz CT molecular complexity index is 192. The summed E-state index contributed by atoms with van der Waals surface area (Å²) in [6.45, 7) is 0.114. The minimum atomic E-state index is -4.20. The molecule has 0 aromatic heterocycles. The van der Waals surface area contributed by atoms with E-state index in [1.54, 1.807) is 0 Å². The molecular weight excluding hydrogens is 229 g/mol. The third-order valence-corrected chi connectivity index (χ3v) is 3.09. The molecule has 1 heterocycles. The first-order valence-corrected chi connectivity index (χ1v) is 5.93. The van der Waals surface area contributed by atoms with Gasteiger partial charge in [0.05, 0.1) is 23.3 Å². The Kier molecular flexibility index (Phi) is 4.57. The van der Waals surface area contributed by atoms with E-state index in [1.807, 2.05) is 0 Å². The van der Waals surface area contributed by atoms with E-state index in [0.717, 1.165) is 12.8 Å². The van der Waals surface area contributed by atoms with E-state index in [2.05, 4.69) is 4.89 Å². The highest BCUT2D eigenvalue weighted by molar-refractivity contribution is 6.13. The Hall–Kier alpha value is -0.113. The number of alkyl halides is 3.